The maximum Gasteiger partial charge on any atom is 0.252 e. The molecule has 0 aliphatic carbocycles. The number of pyridine rings is 1. The molecule has 3 rings (SSSR count). The van der Waals surface area contributed by atoms with Crippen molar-refractivity contribution >= 4 is 16.9 Å². The molecule has 7 nitrogen and oxygen atoms in total. The van der Waals surface area contributed by atoms with Gasteiger partial charge in [0.15, 0.2) is 5.65 Å². The second-order valence-corrected chi connectivity index (χ2v) is 6.58. The van der Waals surface area contributed by atoms with Gasteiger partial charge in [-0.05, 0) is 26.8 Å². The molecule has 130 valence electrons. The van der Waals surface area contributed by atoms with Crippen LogP contribution in [0.3, 0.4) is 0 Å². The van der Waals surface area contributed by atoms with E-state index in [-0.39, 0.29) is 11.9 Å². The third kappa shape index (κ3) is 3.57. The Morgan fingerprint density at radius 2 is 2.12 bits per heavy atom. The molecular weight excluding hydrogens is 304 g/mol. The van der Waals surface area contributed by atoms with Crippen LogP contribution < -0.4 is 10.6 Å². The summed E-state index contributed by atoms with van der Waals surface area (Å²) in [6.07, 6.45) is 1.74. The molecular formula is C17H26N6O. The fourth-order valence-electron chi connectivity index (χ4n) is 3.07. The average molecular weight is 330 g/mol. The molecule has 7 heteroatoms. The van der Waals surface area contributed by atoms with E-state index in [1.165, 1.54) is 0 Å². The summed E-state index contributed by atoms with van der Waals surface area (Å²) >= 11 is 0. The molecule has 0 bridgehead atoms. The zero-order valence-corrected chi connectivity index (χ0v) is 14.7. The molecule has 0 atom stereocenters. The lowest BCUT2D eigenvalue weighted by Gasteiger charge is -2.27. The number of carbonyl (C=O) groups is 1. The highest BCUT2D eigenvalue weighted by atomic mass is 16.1. The second kappa shape index (κ2) is 7.27. The summed E-state index contributed by atoms with van der Waals surface area (Å²) < 4.78 is 1.86. The topological polar surface area (TPSA) is 75.1 Å². The van der Waals surface area contributed by atoms with Crippen molar-refractivity contribution in [1.82, 2.24) is 30.3 Å². The van der Waals surface area contributed by atoms with E-state index in [9.17, 15) is 4.79 Å². The normalized spacial score (nSPS) is 16.0. The fraction of sp³-hybridized carbons (Fsp3) is 0.588. The van der Waals surface area contributed by atoms with Gasteiger partial charge in [-0.15, -0.1) is 0 Å². The van der Waals surface area contributed by atoms with Crippen molar-refractivity contribution in [3.8, 4) is 0 Å². The Labute approximate surface area is 142 Å². The summed E-state index contributed by atoms with van der Waals surface area (Å²) in [6.45, 7) is 11.7. The van der Waals surface area contributed by atoms with Crippen LogP contribution in [0.25, 0.3) is 11.0 Å². The van der Waals surface area contributed by atoms with Gasteiger partial charge in [0.2, 0.25) is 0 Å². The lowest BCUT2D eigenvalue weighted by Crippen LogP contribution is -2.46. The predicted molar refractivity (Wildman–Crippen MR) is 94.3 cm³/mol. The molecule has 1 aliphatic heterocycles. The third-order valence-electron chi connectivity index (χ3n) is 4.35. The minimum atomic E-state index is -0.0519. The summed E-state index contributed by atoms with van der Waals surface area (Å²) in [4.78, 5) is 19.5. The molecule has 0 saturated carbocycles. The van der Waals surface area contributed by atoms with Crippen LogP contribution in [0.5, 0.6) is 0 Å². The Morgan fingerprint density at radius 1 is 1.38 bits per heavy atom. The molecule has 1 saturated heterocycles. The first-order chi connectivity index (χ1) is 11.6. The van der Waals surface area contributed by atoms with E-state index in [0.717, 1.165) is 49.5 Å². The number of aryl methyl sites for hydroxylation is 1. The zero-order valence-electron chi connectivity index (χ0n) is 14.7. The Balaban J connectivity index is 1.72. The number of hydrogen-bond acceptors (Lipinski definition) is 5. The molecule has 1 aliphatic rings. The van der Waals surface area contributed by atoms with Crippen molar-refractivity contribution in [2.75, 3.05) is 39.3 Å². The van der Waals surface area contributed by atoms with Crippen molar-refractivity contribution in [2.45, 2.75) is 26.8 Å². The molecule has 1 fully saturated rings. The maximum absolute atomic E-state index is 12.6. The standard InChI is InChI=1S/C17H26N6O/c1-12(2)23-16-15(11-20-23)14(10-13(3)21-16)17(24)19-6-9-22-7-4-18-5-8-22/h10-12,18H,4-9H2,1-3H3,(H,19,24). The number of nitrogens with zero attached hydrogens (tertiary/aromatic N) is 4. The van der Waals surface area contributed by atoms with Crippen LogP contribution in [0, 0.1) is 6.92 Å². The van der Waals surface area contributed by atoms with Crippen LogP contribution in [0.4, 0.5) is 0 Å². The van der Waals surface area contributed by atoms with Crippen molar-refractivity contribution in [1.29, 1.82) is 0 Å². The number of piperazine rings is 1. The number of aromatic nitrogens is 3. The summed E-state index contributed by atoms with van der Waals surface area (Å²) in [5.41, 5.74) is 2.26. The van der Waals surface area contributed by atoms with E-state index in [2.05, 4.69) is 39.5 Å². The van der Waals surface area contributed by atoms with Crippen molar-refractivity contribution < 1.29 is 4.79 Å². The largest absolute Gasteiger partial charge is 0.351 e. The first kappa shape index (κ1) is 16.9. The minimum Gasteiger partial charge on any atom is -0.351 e. The van der Waals surface area contributed by atoms with Crippen LogP contribution in [-0.4, -0.2) is 64.8 Å². The zero-order chi connectivity index (χ0) is 17.1. The van der Waals surface area contributed by atoms with E-state index in [1.54, 1.807) is 6.20 Å². The summed E-state index contributed by atoms with van der Waals surface area (Å²) in [5.74, 6) is -0.0519. The quantitative estimate of drug-likeness (QED) is 0.854. The van der Waals surface area contributed by atoms with Crippen molar-refractivity contribution in [3.63, 3.8) is 0 Å². The number of amides is 1. The van der Waals surface area contributed by atoms with Gasteiger partial charge in [0.05, 0.1) is 17.1 Å². The molecule has 24 heavy (non-hydrogen) atoms. The van der Waals surface area contributed by atoms with Crippen LogP contribution in [-0.2, 0) is 0 Å². The lowest BCUT2D eigenvalue weighted by atomic mass is 10.1. The van der Waals surface area contributed by atoms with Crippen LogP contribution >= 0.6 is 0 Å². The number of hydrogen-bond donors (Lipinski definition) is 2. The average Bonchev–Trinajstić information content (AvgIpc) is 2.98. The Bertz CT molecular complexity index is 717. The highest BCUT2D eigenvalue weighted by Crippen LogP contribution is 2.20. The van der Waals surface area contributed by atoms with E-state index in [4.69, 9.17) is 0 Å². The van der Waals surface area contributed by atoms with E-state index >= 15 is 0 Å². The third-order valence-corrected chi connectivity index (χ3v) is 4.35. The number of nitrogens with one attached hydrogen (secondary N) is 2. The van der Waals surface area contributed by atoms with Gasteiger partial charge in [0.25, 0.3) is 5.91 Å². The molecule has 0 radical (unpaired) electrons. The molecule has 1 amide bonds. The molecule has 0 unspecified atom stereocenters. The SMILES string of the molecule is Cc1cc(C(=O)NCCN2CCNCC2)c2cnn(C(C)C)c2n1. The van der Waals surface area contributed by atoms with Crippen LogP contribution in [0.1, 0.15) is 35.9 Å². The Hall–Kier alpha value is -1.99. The lowest BCUT2D eigenvalue weighted by molar-refractivity contribution is 0.0948. The van der Waals surface area contributed by atoms with E-state index in [1.807, 2.05) is 17.7 Å². The summed E-state index contributed by atoms with van der Waals surface area (Å²) in [7, 11) is 0. The molecule has 3 heterocycles. The smallest absolute Gasteiger partial charge is 0.252 e. The maximum atomic E-state index is 12.6. The van der Waals surface area contributed by atoms with Crippen molar-refractivity contribution in [2.24, 2.45) is 0 Å². The van der Waals surface area contributed by atoms with Gasteiger partial charge in [-0.2, -0.15) is 5.10 Å². The van der Waals surface area contributed by atoms with Gasteiger partial charge in [0, 0.05) is 51.0 Å². The molecule has 0 spiro atoms. The first-order valence-corrected chi connectivity index (χ1v) is 8.62. The Morgan fingerprint density at radius 3 is 2.83 bits per heavy atom. The number of carbonyl (C=O) groups excluding carboxylic acids is 1. The van der Waals surface area contributed by atoms with E-state index < -0.39 is 0 Å². The van der Waals surface area contributed by atoms with Gasteiger partial charge in [-0.25, -0.2) is 9.67 Å². The van der Waals surface area contributed by atoms with Gasteiger partial charge in [-0.1, -0.05) is 0 Å². The Kier molecular flexibility index (Phi) is 5.11. The highest BCUT2D eigenvalue weighted by Gasteiger charge is 2.17. The fourth-order valence-corrected chi connectivity index (χ4v) is 3.07. The molecule has 2 aromatic rings. The highest BCUT2D eigenvalue weighted by molar-refractivity contribution is 6.05. The molecule has 2 aromatic heterocycles. The van der Waals surface area contributed by atoms with Gasteiger partial charge >= 0.3 is 0 Å². The minimum absolute atomic E-state index is 0.0519. The summed E-state index contributed by atoms with van der Waals surface area (Å²) in [5, 5.41) is 11.6. The van der Waals surface area contributed by atoms with Crippen LogP contribution in [0.15, 0.2) is 12.3 Å². The molecule has 0 aromatic carbocycles. The monoisotopic (exact) mass is 330 g/mol. The molecule has 2 N–H and O–H groups in total. The number of fused-ring (bicyclic) bond motifs is 1. The van der Waals surface area contributed by atoms with Gasteiger partial charge < -0.3 is 10.6 Å². The first-order valence-electron chi connectivity index (χ1n) is 8.62. The van der Waals surface area contributed by atoms with E-state index in [0.29, 0.717) is 12.1 Å². The summed E-state index contributed by atoms with van der Waals surface area (Å²) in [6, 6.07) is 2.05. The number of rotatable bonds is 5. The van der Waals surface area contributed by atoms with Gasteiger partial charge in [-0.3, -0.25) is 9.69 Å². The second-order valence-electron chi connectivity index (χ2n) is 6.58. The van der Waals surface area contributed by atoms with Crippen molar-refractivity contribution in [3.05, 3.63) is 23.5 Å². The van der Waals surface area contributed by atoms with Gasteiger partial charge in [0.1, 0.15) is 0 Å². The van der Waals surface area contributed by atoms with Crippen LogP contribution in [0.2, 0.25) is 0 Å². The predicted octanol–water partition coefficient (Wildman–Crippen LogP) is 0.956.